The zero-order valence-corrected chi connectivity index (χ0v) is 11.1. The van der Waals surface area contributed by atoms with Gasteiger partial charge in [0, 0.05) is 0 Å². The molecular formula is C13H14FN3O3. The van der Waals surface area contributed by atoms with Gasteiger partial charge in [0.2, 0.25) is 6.39 Å². The summed E-state index contributed by atoms with van der Waals surface area (Å²) in [5.41, 5.74) is 0.849. The second-order valence-corrected chi connectivity index (χ2v) is 4.30. The van der Waals surface area contributed by atoms with Gasteiger partial charge in [-0.25, -0.2) is 4.39 Å². The van der Waals surface area contributed by atoms with E-state index < -0.39 is 17.8 Å². The summed E-state index contributed by atoms with van der Waals surface area (Å²) in [6.45, 7) is 3.23. The van der Waals surface area contributed by atoms with E-state index in [1.54, 1.807) is 13.0 Å². The van der Waals surface area contributed by atoms with Gasteiger partial charge in [-0.3, -0.25) is 4.79 Å². The molecule has 7 heteroatoms. The number of rotatable bonds is 5. The number of carbonyl (C=O) groups excluding carboxylic acids is 1. The number of ether oxygens (including phenoxy) is 1. The Bertz CT molecular complexity index is 587. The molecule has 0 aliphatic heterocycles. The Hall–Kier alpha value is -2.44. The van der Waals surface area contributed by atoms with Gasteiger partial charge in [0.15, 0.2) is 24.0 Å². The van der Waals surface area contributed by atoms with Gasteiger partial charge in [0.1, 0.15) is 0 Å². The monoisotopic (exact) mass is 279 g/mol. The van der Waals surface area contributed by atoms with Gasteiger partial charge in [-0.05, 0) is 31.5 Å². The lowest BCUT2D eigenvalue weighted by atomic mass is 10.2. The quantitative estimate of drug-likeness (QED) is 0.902. The van der Waals surface area contributed by atoms with E-state index in [9.17, 15) is 9.18 Å². The number of nitrogens with one attached hydrogen (secondary N) is 1. The summed E-state index contributed by atoms with van der Waals surface area (Å²) in [5.74, 6) is -0.495. The van der Waals surface area contributed by atoms with Crippen LogP contribution >= 0.6 is 0 Å². The van der Waals surface area contributed by atoms with E-state index in [0.717, 1.165) is 5.56 Å². The third-order valence-corrected chi connectivity index (χ3v) is 2.59. The van der Waals surface area contributed by atoms with Crippen molar-refractivity contribution >= 4 is 5.91 Å². The highest BCUT2D eigenvalue weighted by molar-refractivity contribution is 5.77. The lowest BCUT2D eigenvalue weighted by Gasteiger charge is -2.11. The molecular weight excluding hydrogens is 265 g/mol. The van der Waals surface area contributed by atoms with Crippen LogP contribution in [0.1, 0.15) is 24.4 Å². The molecule has 1 amide bonds. The molecule has 2 rings (SSSR count). The van der Waals surface area contributed by atoms with Crippen LogP contribution in [0.4, 0.5) is 4.39 Å². The first kappa shape index (κ1) is 14.0. The minimum atomic E-state index is -0.505. The predicted molar refractivity (Wildman–Crippen MR) is 67.5 cm³/mol. The van der Waals surface area contributed by atoms with Gasteiger partial charge in [0.25, 0.3) is 5.91 Å². The maximum Gasteiger partial charge on any atom is 0.258 e. The van der Waals surface area contributed by atoms with Crippen molar-refractivity contribution in [1.82, 2.24) is 15.5 Å². The fraction of sp³-hybridized carbons (Fsp3) is 0.308. The molecule has 1 heterocycles. The molecule has 106 valence electrons. The fourth-order valence-electron chi connectivity index (χ4n) is 1.58. The second-order valence-electron chi connectivity index (χ2n) is 4.30. The lowest BCUT2D eigenvalue weighted by Crippen LogP contribution is -2.31. The van der Waals surface area contributed by atoms with E-state index in [0.29, 0.717) is 5.82 Å². The molecule has 0 saturated heterocycles. The molecule has 0 bridgehead atoms. The van der Waals surface area contributed by atoms with Crippen LogP contribution in [0.3, 0.4) is 0 Å². The van der Waals surface area contributed by atoms with Gasteiger partial charge < -0.3 is 14.6 Å². The third-order valence-electron chi connectivity index (χ3n) is 2.59. The van der Waals surface area contributed by atoms with E-state index in [1.807, 2.05) is 6.92 Å². The highest BCUT2D eigenvalue weighted by Crippen LogP contribution is 2.18. The normalized spacial score (nSPS) is 11.9. The summed E-state index contributed by atoms with van der Waals surface area (Å²) in [4.78, 5) is 15.5. The number of aromatic nitrogens is 2. The van der Waals surface area contributed by atoms with E-state index in [-0.39, 0.29) is 12.4 Å². The molecule has 1 unspecified atom stereocenters. The van der Waals surface area contributed by atoms with Crippen LogP contribution in [0.15, 0.2) is 29.1 Å². The Labute approximate surface area is 114 Å². The molecule has 0 saturated carbocycles. The molecule has 0 radical (unpaired) electrons. The molecule has 2 aromatic rings. The largest absolute Gasteiger partial charge is 0.481 e. The number of nitrogens with zero attached hydrogens (tertiary/aromatic N) is 2. The Morgan fingerprint density at radius 2 is 2.35 bits per heavy atom. The molecule has 1 atom stereocenters. The SMILES string of the molecule is Cc1ccc(F)c(OCC(=O)NC(C)c2ncon2)c1. The van der Waals surface area contributed by atoms with Crippen LogP contribution < -0.4 is 10.1 Å². The molecule has 0 aliphatic carbocycles. The minimum Gasteiger partial charge on any atom is -0.481 e. The van der Waals surface area contributed by atoms with Crippen LogP contribution in [0, 0.1) is 12.7 Å². The predicted octanol–water partition coefficient (Wildman–Crippen LogP) is 1.77. The summed E-state index contributed by atoms with van der Waals surface area (Å²) in [6, 6.07) is 4.04. The number of carbonyl (C=O) groups is 1. The zero-order valence-electron chi connectivity index (χ0n) is 11.1. The van der Waals surface area contributed by atoms with Crippen molar-refractivity contribution in [3.05, 3.63) is 41.8 Å². The lowest BCUT2D eigenvalue weighted by molar-refractivity contribution is -0.123. The summed E-state index contributed by atoms with van der Waals surface area (Å²) < 4.78 is 23.1. The Morgan fingerprint density at radius 3 is 3.05 bits per heavy atom. The number of aryl methyl sites for hydroxylation is 1. The first-order valence-corrected chi connectivity index (χ1v) is 6.01. The average Bonchev–Trinajstić information content (AvgIpc) is 2.94. The molecule has 6 nitrogen and oxygen atoms in total. The van der Waals surface area contributed by atoms with Crippen molar-refractivity contribution in [3.63, 3.8) is 0 Å². The zero-order chi connectivity index (χ0) is 14.5. The van der Waals surface area contributed by atoms with Crippen LogP contribution in [0.25, 0.3) is 0 Å². The van der Waals surface area contributed by atoms with Crippen molar-refractivity contribution in [2.75, 3.05) is 6.61 Å². The van der Waals surface area contributed by atoms with Gasteiger partial charge in [-0.1, -0.05) is 11.2 Å². The van der Waals surface area contributed by atoms with Crippen LogP contribution in [-0.2, 0) is 4.79 Å². The summed E-state index contributed by atoms with van der Waals surface area (Å²) >= 11 is 0. The number of amides is 1. The van der Waals surface area contributed by atoms with Crippen LogP contribution in [0.5, 0.6) is 5.75 Å². The Balaban J connectivity index is 1.87. The molecule has 1 aromatic carbocycles. The highest BCUT2D eigenvalue weighted by Gasteiger charge is 2.14. The average molecular weight is 279 g/mol. The fourth-order valence-corrected chi connectivity index (χ4v) is 1.58. The number of benzene rings is 1. The highest BCUT2D eigenvalue weighted by atomic mass is 19.1. The van der Waals surface area contributed by atoms with Crippen LogP contribution in [-0.4, -0.2) is 22.7 Å². The summed E-state index contributed by atoms with van der Waals surface area (Å²) in [6.07, 6.45) is 1.18. The number of hydrogen-bond acceptors (Lipinski definition) is 5. The molecule has 1 N–H and O–H groups in total. The van der Waals surface area contributed by atoms with Crippen molar-refractivity contribution in [3.8, 4) is 5.75 Å². The Morgan fingerprint density at radius 1 is 1.55 bits per heavy atom. The summed E-state index contributed by atoms with van der Waals surface area (Å²) in [7, 11) is 0. The smallest absolute Gasteiger partial charge is 0.258 e. The van der Waals surface area contributed by atoms with Gasteiger partial charge in [0.05, 0.1) is 6.04 Å². The summed E-state index contributed by atoms with van der Waals surface area (Å²) in [5, 5.41) is 6.23. The maximum absolute atomic E-state index is 13.4. The van der Waals surface area contributed by atoms with E-state index in [4.69, 9.17) is 4.74 Å². The van der Waals surface area contributed by atoms with E-state index in [1.165, 1.54) is 18.5 Å². The maximum atomic E-state index is 13.4. The minimum absolute atomic E-state index is 0.0485. The van der Waals surface area contributed by atoms with Crippen molar-refractivity contribution in [2.24, 2.45) is 0 Å². The first-order valence-electron chi connectivity index (χ1n) is 6.01. The van der Waals surface area contributed by atoms with E-state index >= 15 is 0 Å². The number of halogens is 1. The topological polar surface area (TPSA) is 77.2 Å². The van der Waals surface area contributed by atoms with Gasteiger partial charge >= 0.3 is 0 Å². The van der Waals surface area contributed by atoms with Crippen molar-refractivity contribution in [1.29, 1.82) is 0 Å². The molecule has 0 aliphatic rings. The van der Waals surface area contributed by atoms with Crippen molar-refractivity contribution in [2.45, 2.75) is 19.9 Å². The number of hydrogen-bond donors (Lipinski definition) is 1. The van der Waals surface area contributed by atoms with Gasteiger partial charge in [-0.2, -0.15) is 4.98 Å². The first-order chi connectivity index (χ1) is 9.56. The standard InChI is InChI=1S/C13H14FN3O3/c1-8-3-4-10(14)11(5-8)19-6-12(18)16-9(2)13-15-7-20-17-13/h3-5,7,9H,6H2,1-2H3,(H,16,18). The van der Waals surface area contributed by atoms with E-state index in [2.05, 4.69) is 20.0 Å². The van der Waals surface area contributed by atoms with Crippen LogP contribution in [0.2, 0.25) is 0 Å². The third kappa shape index (κ3) is 3.53. The Kier molecular flexibility index (Phi) is 4.29. The molecule has 0 spiro atoms. The van der Waals surface area contributed by atoms with Gasteiger partial charge in [-0.15, -0.1) is 0 Å². The second kappa shape index (κ2) is 6.14. The van der Waals surface area contributed by atoms with Crippen molar-refractivity contribution < 1.29 is 18.4 Å². The molecule has 0 fully saturated rings. The molecule has 1 aromatic heterocycles. The molecule has 20 heavy (non-hydrogen) atoms.